The highest BCUT2D eigenvalue weighted by Gasteiger charge is 2.38. The van der Waals surface area contributed by atoms with Gasteiger partial charge in [-0.1, -0.05) is 6.07 Å². The fourth-order valence-corrected chi connectivity index (χ4v) is 3.68. The number of hydrogen-bond acceptors (Lipinski definition) is 5. The average molecular weight is 295 g/mol. The van der Waals surface area contributed by atoms with Crippen molar-refractivity contribution < 1.29 is 0 Å². The van der Waals surface area contributed by atoms with Crippen LogP contribution in [0, 0.1) is 5.41 Å². The number of pyridine rings is 1. The Kier molecular flexibility index (Phi) is 3.50. The Labute approximate surface area is 130 Å². The van der Waals surface area contributed by atoms with Crippen LogP contribution in [-0.2, 0) is 0 Å². The van der Waals surface area contributed by atoms with Gasteiger partial charge in [0.15, 0.2) is 0 Å². The lowest BCUT2D eigenvalue weighted by molar-refractivity contribution is 0.259. The Hall–Kier alpha value is -2.01. The SMILES string of the molecule is c1ccc(-c2ccnc(N3CCCC4(CCNC4)C3)n2)nc1. The van der Waals surface area contributed by atoms with Crippen molar-refractivity contribution in [2.45, 2.75) is 19.3 Å². The minimum absolute atomic E-state index is 0.419. The smallest absolute Gasteiger partial charge is 0.225 e. The summed E-state index contributed by atoms with van der Waals surface area (Å²) >= 11 is 0. The van der Waals surface area contributed by atoms with Gasteiger partial charge in [-0.05, 0) is 44.0 Å². The lowest BCUT2D eigenvalue weighted by Gasteiger charge is -2.40. The number of rotatable bonds is 2. The minimum Gasteiger partial charge on any atom is -0.340 e. The molecule has 2 fully saturated rings. The van der Waals surface area contributed by atoms with E-state index in [1.807, 2.05) is 30.5 Å². The summed E-state index contributed by atoms with van der Waals surface area (Å²) in [6.07, 6.45) is 7.45. The molecule has 0 aliphatic carbocycles. The first-order valence-electron chi connectivity index (χ1n) is 8.05. The molecule has 4 heterocycles. The summed E-state index contributed by atoms with van der Waals surface area (Å²) in [4.78, 5) is 16.0. The van der Waals surface area contributed by atoms with Gasteiger partial charge in [0.25, 0.3) is 0 Å². The fraction of sp³-hybridized carbons (Fsp3) is 0.471. The molecular weight excluding hydrogens is 274 g/mol. The van der Waals surface area contributed by atoms with E-state index in [9.17, 15) is 0 Å². The molecule has 1 N–H and O–H groups in total. The van der Waals surface area contributed by atoms with E-state index in [4.69, 9.17) is 4.98 Å². The van der Waals surface area contributed by atoms with Crippen LogP contribution < -0.4 is 10.2 Å². The zero-order valence-corrected chi connectivity index (χ0v) is 12.7. The normalized spacial score (nSPS) is 24.8. The summed E-state index contributed by atoms with van der Waals surface area (Å²) in [7, 11) is 0. The van der Waals surface area contributed by atoms with Gasteiger partial charge in [0.1, 0.15) is 0 Å². The maximum Gasteiger partial charge on any atom is 0.225 e. The molecule has 0 saturated carbocycles. The molecule has 5 nitrogen and oxygen atoms in total. The molecule has 22 heavy (non-hydrogen) atoms. The molecule has 5 heteroatoms. The van der Waals surface area contributed by atoms with E-state index in [1.54, 1.807) is 6.20 Å². The average Bonchev–Trinajstić information content (AvgIpc) is 3.03. The predicted octanol–water partition coefficient (Wildman–Crippen LogP) is 2.12. The van der Waals surface area contributed by atoms with Gasteiger partial charge >= 0.3 is 0 Å². The van der Waals surface area contributed by atoms with Crippen LogP contribution in [0.5, 0.6) is 0 Å². The Morgan fingerprint density at radius 3 is 2.86 bits per heavy atom. The molecule has 1 spiro atoms. The summed E-state index contributed by atoms with van der Waals surface area (Å²) in [6.45, 7) is 4.38. The quantitative estimate of drug-likeness (QED) is 0.919. The van der Waals surface area contributed by atoms with Crippen LogP contribution in [0.15, 0.2) is 36.7 Å². The van der Waals surface area contributed by atoms with Crippen LogP contribution in [0.2, 0.25) is 0 Å². The fourth-order valence-electron chi connectivity index (χ4n) is 3.68. The lowest BCUT2D eigenvalue weighted by Crippen LogP contribution is -2.45. The summed E-state index contributed by atoms with van der Waals surface area (Å²) in [5, 5.41) is 3.51. The maximum atomic E-state index is 4.75. The molecule has 0 amide bonds. The largest absolute Gasteiger partial charge is 0.340 e. The number of anilines is 1. The number of aromatic nitrogens is 3. The van der Waals surface area contributed by atoms with E-state index in [1.165, 1.54) is 19.3 Å². The number of nitrogens with zero attached hydrogens (tertiary/aromatic N) is 4. The standard InChI is InChI=1S/C17H21N5/c1-2-8-19-14(4-1)15-5-9-20-16(21-15)22-11-3-6-17(13-22)7-10-18-12-17/h1-2,4-5,8-9,18H,3,6-7,10-13H2. The Bertz CT molecular complexity index is 637. The van der Waals surface area contributed by atoms with Crippen molar-refractivity contribution in [3.63, 3.8) is 0 Å². The second-order valence-corrected chi connectivity index (χ2v) is 6.41. The van der Waals surface area contributed by atoms with Gasteiger partial charge in [-0.2, -0.15) is 0 Å². The third kappa shape index (κ3) is 2.57. The van der Waals surface area contributed by atoms with Crippen LogP contribution >= 0.6 is 0 Å². The molecule has 2 saturated heterocycles. The minimum atomic E-state index is 0.419. The first-order valence-corrected chi connectivity index (χ1v) is 8.05. The first-order chi connectivity index (χ1) is 10.8. The van der Waals surface area contributed by atoms with Gasteiger partial charge in [0, 0.05) is 37.4 Å². The molecule has 1 unspecified atom stereocenters. The van der Waals surface area contributed by atoms with Crippen molar-refractivity contribution in [1.82, 2.24) is 20.3 Å². The van der Waals surface area contributed by atoms with Crippen molar-refractivity contribution in [2.24, 2.45) is 5.41 Å². The van der Waals surface area contributed by atoms with E-state index in [0.717, 1.165) is 43.5 Å². The molecule has 2 aromatic rings. The van der Waals surface area contributed by atoms with Crippen molar-refractivity contribution in [1.29, 1.82) is 0 Å². The lowest BCUT2D eigenvalue weighted by atomic mass is 9.79. The van der Waals surface area contributed by atoms with E-state index < -0.39 is 0 Å². The number of nitrogens with one attached hydrogen (secondary N) is 1. The van der Waals surface area contributed by atoms with Crippen molar-refractivity contribution in [3.8, 4) is 11.4 Å². The Balaban J connectivity index is 1.60. The third-order valence-corrected chi connectivity index (χ3v) is 4.85. The topological polar surface area (TPSA) is 53.9 Å². The molecule has 2 aliphatic rings. The van der Waals surface area contributed by atoms with E-state index in [-0.39, 0.29) is 0 Å². The van der Waals surface area contributed by atoms with Gasteiger partial charge in [-0.25, -0.2) is 9.97 Å². The first kappa shape index (κ1) is 13.6. The molecule has 2 aromatic heterocycles. The van der Waals surface area contributed by atoms with Gasteiger partial charge in [-0.3, -0.25) is 4.98 Å². The van der Waals surface area contributed by atoms with Gasteiger partial charge in [-0.15, -0.1) is 0 Å². The van der Waals surface area contributed by atoms with Crippen LogP contribution in [0.3, 0.4) is 0 Å². The highest BCUT2D eigenvalue weighted by atomic mass is 15.3. The molecule has 0 bridgehead atoms. The summed E-state index contributed by atoms with van der Waals surface area (Å²) in [5.74, 6) is 0.842. The monoisotopic (exact) mass is 295 g/mol. The Morgan fingerprint density at radius 1 is 1.05 bits per heavy atom. The highest BCUT2D eigenvalue weighted by molar-refractivity contribution is 5.55. The van der Waals surface area contributed by atoms with Gasteiger partial charge < -0.3 is 10.2 Å². The summed E-state index contributed by atoms with van der Waals surface area (Å²) in [5.41, 5.74) is 2.22. The van der Waals surface area contributed by atoms with Crippen LogP contribution in [0.25, 0.3) is 11.4 Å². The predicted molar refractivity (Wildman–Crippen MR) is 86.6 cm³/mol. The summed E-state index contributed by atoms with van der Waals surface area (Å²) in [6, 6.07) is 7.84. The van der Waals surface area contributed by atoms with E-state index >= 15 is 0 Å². The van der Waals surface area contributed by atoms with Gasteiger partial charge in [0.05, 0.1) is 11.4 Å². The van der Waals surface area contributed by atoms with Crippen molar-refractivity contribution >= 4 is 5.95 Å². The molecule has 4 rings (SSSR count). The third-order valence-electron chi connectivity index (χ3n) is 4.85. The molecule has 0 radical (unpaired) electrons. The van der Waals surface area contributed by atoms with Crippen LogP contribution in [0.4, 0.5) is 5.95 Å². The second-order valence-electron chi connectivity index (χ2n) is 6.41. The zero-order valence-electron chi connectivity index (χ0n) is 12.7. The zero-order chi connectivity index (χ0) is 14.8. The summed E-state index contributed by atoms with van der Waals surface area (Å²) < 4.78 is 0. The Morgan fingerprint density at radius 2 is 2.05 bits per heavy atom. The molecule has 2 aliphatic heterocycles. The van der Waals surface area contributed by atoms with Gasteiger partial charge in [0.2, 0.25) is 5.95 Å². The van der Waals surface area contributed by atoms with Crippen molar-refractivity contribution in [3.05, 3.63) is 36.7 Å². The maximum absolute atomic E-state index is 4.75. The van der Waals surface area contributed by atoms with E-state index in [0.29, 0.717) is 5.41 Å². The molecule has 0 aromatic carbocycles. The van der Waals surface area contributed by atoms with Crippen molar-refractivity contribution in [2.75, 3.05) is 31.1 Å². The highest BCUT2D eigenvalue weighted by Crippen LogP contribution is 2.36. The van der Waals surface area contributed by atoms with Crippen LogP contribution in [-0.4, -0.2) is 41.1 Å². The molecule has 1 atom stereocenters. The van der Waals surface area contributed by atoms with Crippen LogP contribution in [0.1, 0.15) is 19.3 Å². The number of piperidine rings is 1. The van der Waals surface area contributed by atoms with E-state index in [2.05, 4.69) is 20.2 Å². The second kappa shape index (κ2) is 5.65. The molecular formula is C17H21N5. The number of hydrogen-bond donors (Lipinski definition) is 1. The molecule has 114 valence electrons.